The molecule has 0 amide bonds. The van der Waals surface area contributed by atoms with E-state index in [9.17, 15) is 13.2 Å². The van der Waals surface area contributed by atoms with Crippen LogP contribution in [0.3, 0.4) is 0 Å². The highest BCUT2D eigenvalue weighted by Crippen LogP contribution is 2.34. The molecule has 0 radical (unpaired) electrons. The van der Waals surface area contributed by atoms with Gasteiger partial charge in [0, 0.05) is 12.1 Å². The van der Waals surface area contributed by atoms with E-state index >= 15 is 0 Å². The third-order valence-corrected chi connectivity index (χ3v) is 3.64. The predicted octanol–water partition coefficient (Wildman–Crippen LogP) is 3.63. The monoisotopic (exact) mass is 317 g/mol. The molecule has 0 aliphatic carbocycles. The third-order valence-electron chi connectivity index (χ3n) is 3.64. The second-order valence-corrected chi connectivity index (χ2v) is 5.10. The highest BCUT2D eigenvalue weighted by atomic mass is 19.2. The number of halogens is 3. The van der Waals surface area contributed by atoms with Gasteiger partial charge in [-0.05, 0) is 30.3 Å². The quantitative estimate of drug-likeness (QED) is 0.793. The molecule has 0 saturated heterocycles. The molecule has 2 aliphatic rings. The molecule has 0 fully saturated rings. The van der Waals surface area contributed by atoms with Crippen molar-refractivity contribution in [3.8, 4) is 11.5 Å². The van der Waals surface area contributed by atoms with Crippen LogP contribution in [0.15, 0.2) is 40.3 Å². The zero-order valence-corrected chi connectivity index (χ0v) is 11.8. The van der Waals surface area contributed by atoms with E-state index in [4.69, 9.17) is 4.74 Å². The Kier molecular flexibility index (Phi) is 3.07. The van der Waals surface area contributed by atoms with Gasteiger partial charge in [-0.25, -0.2) is 13.8 Å². The van der Waals surface area contributed by atoms with Crippen LogP contribution in [0.1, 0.15) is 5.56 Å². The molecule has 0 unspecified atom stereocenters. The summed E-state index contributed by atoms with van der Waals surface area (Å²) in [6, 6.07) is 6.30. The van der Waals surface area contributed by atoms with Gasteiger partial charge in [-0.3, -0.25) is 4.99 Å². The number of hydrogen-bond acceptors (Lipinski definition) is 4. The maximum Gasteiger partial charge on any atom is 0.204 e. The molecule has 23 heavy (non-hydrogen) atoms. The first kappa shape index (κ1) is 13.8. The summed E-state index contributed by atoms with van der Waals surface area (Å²) in [4.78, 5) is 10.6. The van der Waals surface area contributed by atoms with E-state index in [-0.39, 0.29) is 5.75 Å². The summed E-state index contributed by atoms with van der Waals surface area (Å²) < 4.78 is 45.9. The van der Waals surface area contributed by atoms with Gasteiger partial charge in [-0.1, -0.05) is 0 Å². The Morgan fingerprint density at radius 1 is 1.04 bits per heavy atom. The number of amidine groups is 1. The molecule has 0 atom stereocenters. The number of benzene rings is 2. The second kappa shape index (κ2) is 5.12. The van der Waals surface area contributed by atoms with Crippen molar-refractivity contribution in [2.45, 2.75) is 0 Å². The van der Waals surface area contributed by atoms with Gasteiger partial charge >= 0.3 is 0 Å². The summed E-state index contributed by atoms with van der Waals surface area (Å²) in [7, 11) is 0. The molecule has 2 aliphatic heterocycles. The Morgan fingerprint density at radius 3 is 2.74 bits per heavy atom. The Hall–Kier alpha value is -2.83. The number of nitrogens with zero attached hydrogens (tertiary/aromatic N) is 3. The van der Waals surface area contributed by atoms with E-state index in [1.165, 1.54) is 6.07 Å². The molecule has 0 N–H and O–H groups in total. The lowest BCUT2D eigenvalue weighted by Gasteiger charge is -2.21. The molecule has 0 saturated carbocycles. The highest BCUT2D eigenvalue weighted by molar-refractivity contribution is 6.11. The molecular formula is C16H10F3N3O. The SMILES string of the molecule is Fc1ccc(F)c(Oc2ccc3c(c2)C2=NCCN2C=N3)c1F. The van der Waals surface area contributed by atoms with Crippen molar-refractivity contribution in [3.05, 3.63) is 53.3 Å². The molecule has 0 spiro atoms. The standard InChI is InChI=1S/C16H10F3N3O/c17-11-2-3-12(18)15(14(11)19)23-9-1-4-13-10(7-9)16-20-5-6-22(16)8-21-13/h1-4,7-8H,5-6H2. The van der Waals surface area contributed by atoms with E-state index in [0.717, 1.165) is 18.4 Å². The average molecular weight is 317 g/mol. The molecule has 4 rings (SSSR count). The summed E-state index contributed by atoms with van der Waals surface area (Å²) >= 11 is 0. The Morgan fingerprint density at radius 2 is 1.87 bits per heavy atom. The van der Waals surface area contributed by atoms with Crippen LogP contribution in [-0.4, -0.2) is 30.2 Å². The maximum atomic E-state index is 13.7. The number of hydrogen-bond donors (Lipinski definition) is 0. The molecule has 7 heteroatoms. The van der Waals surface area contributed by atoms with Crippen molar-refractivity contribution in [1.82, 2.24) is 4.90 Å². The number of rotatable bonds is 2. The Balaban J connectivity index is 1.74. The van der Waals surface area contributed by atoms with Crippen LogP contribution in [-0.2, 0) is 0 Å². The number of aliphatic imine (C=N–C) groups is 2. The van der Waals surface area contributed by atoms with Crippen LogP contribution in [0.5, 0.6) is 11.5 Å². The van der Waals surface area contributed by atoms with E-state index in [0.29, 0.717) is 23.9 Å². The summed E-state index contributed by atoms with van der Waals surface area (Å²) in [5.41, 5.74) is 1.40. The van der Waals surface area contributed by atoms with Crippen molar-refractivity contribution < 1.29 is 17.9 Å². The Bertz CT molecular complexity index is 864. The van der Waals surface area contributed by atoms with Crippen LogP contribution in [0.4, 0.5) is 18.9 Å². The van der Waals surface area contributed by atoms with E-state index in [1.54, 1.807) is 18.5 Å². The van der Waals surface area contributed by atoms with Crippen LogP contribution in [0.2, 0.25) is 0 Å². The molecule has 0 bridgehead atoms. The van der Waals surface area contributed by atoms with Gasteiger partial charge in [0.1, 0.15) is 11.6 Å². The molecule has 0 aromatic heterocycles. The normalized spacial score (nSPS) is 15.3. The molecule has 2 aromatic carbocycles. The van der Waals surface area contributed by atoms with Gasteiger partial charge in [0.15, 0.2) is 11.6 Å². The predicted molar refractivity (Wildman–Crippen MR) is 79.1 cm³/mol. The lowest BCUT2D eigenvalue weighted by Crippen LogP contribution is -2.29. The van der Waals surface area contributed by atoms with E-state index in [2.05, 4.69) is 9.98 Å². The first-order valence-electron chi connectivity index (χ1n) is 6.94. The van der Waals surface area contributed by atoms with Crippen LogP contribution < -0.4 is 4.74 Å². The van der Waals surface area contributed by atoms with Gasteiger partial charge in [0.05, 0.1) is 18.6 Å². The highest BCUT2D eigenvalue weighted by Gasteiger charge is 2.24. The number of ether oxygens (including phenoxy) is 1. The number of fused-ring (bicyclic) bond motifs is 3. The van der Waals surface area contributed by atoms with Crippen molar-refractivity contribution in [2.75, 3.05) is 13.1 Å². The lowest BCUT2D eigenvalue weighted by atomic mass is 10.1. The van der Waals surface area contributed by atoms with Crippen molar-refractivity contribution in [1.29, 1.82) is 0 Å². The maximum absolute atomic E-state index is 13.7. The molecule has 2 heterocycles. The van der Waals surface area contributed by atoms with Crippen LogP contribution in [0.25, 0.3) is 0 Å². The second-order valence-electron chi connectivity index (χ2n) is 5.10. The summed E-state index contributed by atoms with van der Waals surface area (Å²) in [5.74, 6) is -3.36. The van der Waals surface area contributed by atoms with Gasteiger partial charge < -0.3 is 9.64 Å². The molecular weight excluding hydrogens is 307 g/mol. The summed E-state index contributed by atoms with van der Waals surface area (Å²) in [6.07, 6.45) is 1.70. The fourth-order valence-corrected chi connectivity index (χ4v) is 2.53. The van der Waals surface area contributed by atoms with Crippen molar-refractivity contribution >= 4 is 17.9 Å². The molecule has 2 aromatic rings. The topological polar surface area (TPSA) is 37.2 Å². The minimum atomic E-state index is -1.36. The fraction of sp³-hybridized carbons (Fsp3) is 0.125. The Labute approximate surface area is 129 Å². The van der Waals surface area contributed by atoms with Crippen LogP contribution in [0, 0.1) is 17.5 Å². The molecule has 4 nitrogen and oxygen atoms in total. The minimum absolute atomic E-state index is 0.179. The van der Waals surface area contributed by atoms with Crippen molar-refractivity contribution in [2.24, 2.45) is 9.98 Å². The lowest BCUT2D eigenvalue weighted by molar-refractivity contribution is 0.386. The van der Waals surface area contributed by atoms with Gasteiger partial charge in [0.2, 0.25) is 11.6 Å². The minimum Gasteiger partial charge on any atom is -0.451 e. The summed E-state index contributed by atoms with van der Waals surface area (Å²) in [5, 5.41) is 0. The van der Waals surface area contributed by atoms with Gasteiger partial charge in [-0.2, -0.15) is 4.39 Å². The van der Waals surface area contributed by atoms with Crippen LogP contribution >= 0.6 is 0 Å². The van der Waals surface area contributed by atoms with E-state index < -0.39 is 23.2 Å². The van der Waals surface area contributed by atoms with Crippen molar-refractivity contribution in [3.63, 3.8) is 0 Å². The zero-order valence-electron chi connectivity index (χ0n) is 11.8. The summed E-state index contributed by atoms with van der Waals surface area (Å²) in [6.45, 7) is 1.38. The van der Waals surface area contributed by atoms with Gasteiger partial charge in [0.25, 0.3) is 0 Å². The van der Waals surface area contributed by atoms with E-state index in [1.807, 2.05) is 4.90 Å². The largest absolute Gasteiger partial charge is 0.451 e. The first-order chi connectivity index (χ1) is 11.1. The van der Waals surface area contributed by atoms with Gasteiger partial charge in [-0.15, -0.1) is 0 Å². The zero-order chi connectivity index (χ0) is 16.0. The fourth-order valence-electron chi connectivity index (χ4n) is 2.53. The molecule has 116 valence electrons. The average Bonchev–Trinajstić information content (AvgIpc) is 3.04. The smallest absolute Gasteiger partial charge is 0.204 e. The third kappa shape index (κ3) is 2.25. The first-order valence-corrected chi connectivity index (χ1v) is 6.94.